The molecular formula is C30H32Cl2N2O2. The maximum Gasteiger partial charge on any atom is 0.254 e. The van der Waals surface area contributed by atoms with E-state index in [-0.39, 0.29) is 17.9 Å². The van der Waals surface area contributed by atoms with Gasteiger partial charge in [-0.25, -0.2) is 0 Å². The van der Waals surface area contributed by atoms with Crippen LogP contribution < -0.4 is 4.74 Å². The van der Waals surface area contributed by atoms with Gasteiger partial charge >= 0.3 is 0 Å². The molecule has 0 aromatic heterocycles. The Kier molecular flexibility index (Phi) is 7.57. The number of halogens is 2. The van der Waals surface area contributed by atoms with Crippen molar-refractivity contribution in [2.45, 2.75) is 37.1 Å². The highest BCUT2D eigenvalue weighted by Crippen LogP contribution is 2.45. The van der Waals surface area contributed by atoms with Gasteiger partial charge < -0.3 is 14.5 Å². The number of carbonyl (C=O) groups is 1. The zero-order chi connectivity index (χ0) is 25.2. The Balaban J connectivity index is 1.34. The Labute approximate surface area is 223 Å². The number of carbonyl (C=O) groups excluding carboxylic acids is 1. The van der Waals surface area contributed by atoms with Crippen LogP contribution in [-0.2, 0) is 0 Å². The second kappa shape index (κ2) is 10.8. The summed E-state index contributed by atoms with van der Waals surface area (Å²) in [7, 11) is 3.66. The first-order valence-electron chi connectivity index (χ1n) is 12.6. The second-order valence-corrected chi connectivity index (χ2v) is 10.7. The molecule has 1 amide bonds. The van der Waals surface area contributed by atoms with Gasteiger partial charge in [0.25, 0.3) is 5.91 Å². The number of fused-ring (bicyclic) bond motifs is 1. The van der Waals surface area contributed by atoms with Gasteiger partial charge in [-0.05, 0) is 85.8 Å². The van der Waals surface area contributed by atoms with Crippen molar-refractivity contribution in [2.75, 3.05) is 33.8 Å². The van der Waals surface area contributed by atoms with Gasteiger partial charge in [0, 0.05) is 18.5 Å². The van der Waals surface area contributed by atoms with E-state index < -0.39 is 0 Å². The number of hydrogen-bond acceptors (Lipinski definition) is 3. The predicted octanol–water partition coefficient (Wildman–Crippen LogP) is 7.18. The Morgan fingerprint density at radius 1 is 0.944 bits per heavy atom. The molecule has 3 aromatic carbocycles. The summed E-state index contributed by atoms with van der Waals surface area (Å²) in [4.78, 5) is 17.5. The van der Waals surface area contributed by atoms with Crippen LogP contribution in [0.25, 0.3) is 0 Å². The normalized spacial score (nSPS) is 19.4. The van der Waals surface area contributed by atoms with E-state index in [0.717, 1.165) is 61.3 Å². The fourth-order valence-corrected chi connectivity index (χ4v) is 6.31. The summed E-state index contributed by atoms with van der Waals surface area (Å²) in [6.07, 6.45) is 3.15. The fraction of sp³-hybridized carbons (Fsp3) is 0.367. The molecule has 4 nitrogen and oxygen atoms in total. The molecular weight excluding hydrogens is 491 g/mol. The summed E-state index contributed by atoms with van der Waals surface area (Å²) < 4.78 is 5.61. The Bertz CT molecular complexity index is 1240. The largest absolute Gasteiger partial charge is 0.496 e. The molecule has 1 fully saturated rings. The van der Waals surface area contributed by atoms with E-state index in [4.69, 9.17) is 27.9 Å². The fourth-order valence-electron chi connectivity index (χ4n) is 6.00. The van der Waals surface area contributed by atoms with Crippen molar-refractivity contribution in [3.05, 3.63) is 99.0 Å². The molecule has 6 heteroatoms. The standard InChI is InChI=1S/C30H32Cl2N2O2/c1-33-29(24-8-3-4-9-25(24)30(33)35)23(21-11-12-26(31)27(32)19-21)15-18-34-16-13-20(14-17-34)22-7-5-6-10-28(22)36-2/h3-12,19-20,23,29H,13-18H2,1-2H3. The van der Waals surface area contributed by atoms with Crippen LogP contribution in [0.4, 0.5) is 0 Å². The molecule has 2 atom stereocenters. The zero-order valence-electron chi connectivity index (χ0n) is 20.8. The van der Waals surface area contributed by atoms with Crippen molar-refractivity contribution in [1.29, 1.82) is 0 Å². The lowest BCUT2D eigenvalue weighted by atomic mass is 9.84. The highest BCUT2D eigenvalue weighted by atomic mass is 35.5. The van der Waals surface area contributed by atoms with E-state index in [0.29, 0.717) is 16.0 Å². The maximum atomic E-state index is 13.1. The van der Waals surface area contributed by atoms with Crippen molar-refractivity contribution in [3.8, 4) is 5.75 Å². The molecule has 2 unspecified atom stereocenters. The van der Waals surface area contributed by atoms with Gasteiger partial charge in [0.1, 0.15) is 5.75 Å². The molecule has 0 saturated carbocycles. The lowest BCUT2D eigenvalue weighted by Gasteiger charge is -2.35. The molecule has 36 heavy (non-hydrogen) atoms. The number of benzene rings is 3. The van der Waals surface area contributed by atoms with Gasteiger partial charge in [0.2, 0.25) is 0 Å². The van der Waals surface area contributed by atoms with Crippen LogP contribution >= 0.6 is 23.2 Å². The molecule has 2 heterocycles. The Hall–Kier alpha value is -2.53. The molecule has 188 valence electrons. The first-order valence-corrected chi connectivity index (χ1v) is 13.4. The lowest BCUT2D eigenvalue weighted by molar-refractivity contribution is 0.0746. The minimum Gasteiger partial charge on any atom is -0.496 e. The van der Waals surface area contributed by atoms with E-state index in [1.165, 1.54) is 5.56 Å². The first-order chi connectivity index (χ1) is 17.5. The number of piperidine rings is 1. The molecule has 0 aliphatic carbocycles. The van der Waals surface area contributed by atoms with Crippen LogP contribution in [0.1, 0.15) is 64.2 Å². The van der Waals surface area contributed by atoms with Crippen molar-refractivity contribution in [3.63, 3.8) is 0 Å². The zero-order valence-corrected chi connectivity index (χ0v) is 22.3. The van der Waals surface area contributed by atoms with E-state index >= 15 is 0 Å². The maximum absolute atomic E-state index is 13.1. The van der Waals surface area contributed by atoms with Crippen LogP contribution in [0.5, 0.6) is 5.75 Å². The topological polar surface area (TPSA) is 32.8 Å². The third-order valence-corrected chi connectivity index (χ3v) is 8.66. The molecule has 3 aromatic rings. The number of likely N-dealkylation sites (N-methyl/N-ethyl adjacent to an activating group) is 1. The van der Waals surface area contributed by atoms with E-state index in [1.54, 1.807) is 7.11 Å². The first kappa shape index (κ1) is 25.1. The Morgan fingerprint density at radius 3 is 2.36 bits per heavy atom. The second-order valence-electron chi connectivity index (χ2n) is 9.87. The minimum absolute atomic E-state index is 0.0305. The number of likely N-dealkylation sites (tertiary alicyclic amines) is 1. The highest BCUT2D eigenvalue weighted by Gasteiger charge is 2.39. The number of hydrogen-bond donors (Lipinski definition) is 0. The summed E-state index contributed by atoms with van der Waals surface area (Å²) in [5, 5.41) is 1.10. The summed E-state index contributed by atoms with van der Waals surface area (Å²) in [5.41, 5.74) is 4.33. The van der Waals surface area contributed by atoms with Gasteiger partial charge in [-0.3, -0.25) is 4.79 Å². The number of amides is 1. The third-order valence-electron chi connectivity index (χ3n) is 7.92. The summed E-state index contributed by atoms with van der Waals surface area (Å²) in [5.74, 6) is 1.71. The van der Waals surface area contributed by atoms with Crippen LogP contribution in [0.3, 0.4) is 0 Å². The molecule has 0 radical (unpaired) electrons. The van der Waals surface area contributed by atoms with Crippen LogP contribution in [-0.4, -0.2) is 49.5 Å². The van der Waals surface area contributed by atoms with Gasteiger partial charge in [-0.1, -0.05) is 65.7 Å². The third kappa shape index (κ3) is 4.87. The predicted molar refractivity (Wildman–Crippen MR) is 147 cm³/mol. The molecule has 2 aliphatic heterocycles. The van der Waals surface area contributed by atoms with E-state index in [2.05, 4.69) is 35.2 Å². The SMILES string of the molecule is COc1ccccc1C1CCN(CCC(c2ccc(Cl)c(Cl)c2)C2c3ccccc3C(=O)N2C)CC1. The van der Waals surface area contributed by atoms with E-state index in [1.807, 2.05) is 48.3 Å². The molecule has 2 aliphatic rings. The Morgan fingerprint density at radius 2 is 1.64 bits per heavy atom. The van der Waals surface area contributed by atoms with Gasteiger partial charge in [-0.15, -0.1) is 0 Å². The molecule has 0 spiro atoms. The van der Waals surface area contributed by atoms with Crippen LogP contribution in [0.2, 0.25) is 10.0 Å². The lowest BCUT2D eigenvalue weighted by Crippen LogP contribution is -2.36. The van der Waals surface area contributed by atoms with Crippen LogP contribution in [0.15, 0.2) is 66.7 Å². The van der Waals surface area contributed by atoms with Crippen LogP contribution in [0, 0.1) is 0 Å². The number of rotatable bonds is 7. The highest BCUT2D eigenvalue weighted by molar-refractivity contribution is 6.42. The average molecular weight is 524 g/mol. The van der Waals surface area contributed by atoms with Crippen molar-refractivity contribution >= 4 is 29.1 Å². The quantitative estimate of drug-likeness (QED) is 0.329. The molecule has 5 rings (SSSR count). The number of methoxy groups -OCH3 is 1. The van der Waals surface area contributed by atoms with Gasteiger partial charge in [0.15, 0.2) is 0 Å². The van der Waals surface area contributed by atoms with Crippen molar-refractivity contribution < 1.29 is 9.53 Å². The summed E-state index contributed by atoms with van der Waals surface area (Å²) >= 11 is 12.7. The summed E-state index contributed by atoms with van der Waals surface area (Å²) in [6.45, 7) is 3.06. The van der Waals surface area contributed by atoms with Gasteiger partial charge in [-0.2, -0.15) is 0 Å². The molecule has 0 bridgehead atoms. The smallest absolute Gasteiger partial charge is 0.254 e. The van der Waals surface area contributed by atoms with Gasteiger partial charge in [0.05, 0.1) is 23.2 Å². The monoisotopic (exact) mass is 522 g/mol. The number of nitrogens with zero attached hydrogens (tertiary/aromatic N) is 2. The molecule has 0 N–H and O–H groups in total. The van der Waals surface area contributed by atoms with Crippen molar-refractivity contribution in [2.24, 2.45) is 0 Å². The average Bonchev–Trinajstić information content (AvgIpc) is 3.16. The molecule has 1 saturated heterocycles. The van der Waals surface area contributed by atoms with E-state index in [9.17, 15) is 4.79 Å². The number of ether oxygens (including phenoxy) is 1. The minimum atomic E-state index is -0.0305. The summed E-state index contributed by atoms with van der Waals surface area (Å²) in [6, 6.07) is 22.2. The van der Waals surface area contributed by atoms with Crippen molar-refractivity contribution in [1.82, 2.24) is 9.80 Å². The number of para-hydroxylation sites is 1.